The zero-order valence-electron chi connectivity index (χ0n) is 22.1. The van der Waals surface area contributed by atoms with Gasteiger partial charge < -0.3 is 16.0 Å². The molecule has 0 unspecified atom stereocenters. The first-order chi connectivity index (χ1) is 19.2. The maximum absolute atomic E-state index is 13.6. The van der Waals surface area contributed by atoms with Crippen LogP contribution in [0.25, 0.3) is 11.3 Å². The van der Waals surface area contributed by atoms with Crippen molar-refractivity contribution in [3.63, 3.8) is 0 Å². The van der Waals surface area contributed by atoms with E-state index in [-0.39, 0.29) is 29.6 Å². The van der Waals surface area contributed by atoms with E-state index in [2.05, 4.69) is 25.9 Å². The molecule has 0 radical (unpaired) electrons. The largest absolute Gasteiger partial charge is 0.326 e. The number of carbonyl (C=O) groups excluding carboxylic acids is 3. The van der Waals surface area contributed by atoms with Crippen molar-refractivity contribution in [2.24, 2.45) is 0 Å². The van der Waals surface area contributed by atoms with Gasteiger partial charge in [0.05, 0.1) is 24.5 Å². The van der Waals surface area contributed by atoms with E-state index in [1.807, 2.05) is 0 Å². The molecule has 0 aliphatic carbocycles. The molecule has 0 spiro atoms. The van der Waals surface area contributed by atoms with E-state index in [0.717, 1.165) is 0 Å². The van der Waals surface area contributed by atoms with E-state index in [1.54, 1.807) is 44.3 Å². The van der Waals surface area contributed by atoms with Crippen LogP contribution in [0.2, 0.25) is 0 Å². The van der Waals surface area contributed by atoms with E-state index in [1.165, 1.54) is 54.3 Å². The molecule has 2 amide bonds. The molecule has 0 aliphatic heterocycles. The summed E-state index contributed by atoms with van der Waals surface area (Å²) in [6.07, 6.45) is 4.37. The Morgan fingerprint density at radius 2 is 1.73 bits per heavy atom. The second-order valence-electron chi connectivity index (χ2n) is 9.06. The van der Waals surface area contributed by atoms with Crippen LogP contribution in [0.3, 0.4) is 0 Å². The maximum atomic E-state index is 13.6. The van der Waals surface area contributed by atoms with Crippen LogP contribution in [-0.4, -0.2) is 45.2 Å². The lowest BCUT2D eigenvalue weighted by molar-refractivity contribution is -0.117. The molecular weight excluding hydrogens is 515 g/mol. The van der Waals surface area contributed by atoms with Gasteiger partial charge in [0.25, 0.3) is 5.56 Å². The summed E-state index contributed by atoms with van der Waals surface area (Å²) >= 11 is 0. The van der Waals surface area contributed by atoms with Crippen LogP contribution in [0.1, 0.15) is 35.3 Å². The summed E-state index contributed by atoms with van der Waals surface area (Å²) in [5.41, 5.74) is 2.03. The molecule has 10 nitrogen and oxygen atoms in total. The van der Waals surface area contributed by atoms with E-state index in [0.29, 0.717) is 28.1 Å². The highest BCUT2D eigenvalue weighted by atomic mass is 19.1. The number of carbonyl (C=O) groups is 3. The minimum atomic E-state index is -0.575. The Balaban J connectivity index is 1.77. The van der Waals surface area contributed by atoms with Gasteiger partial charge in [-0.3, -0.25) is 28.7 Å². The zero-order valence-corrected chi connectivity index (χ0v) is 22.1. The standard InChI is InChI=1S/C29H27FN6O4/c1-17(31-3)28(39)35-27-29(40)36(25(15-33-27)21-5-4-6-24(12-21)34-18(2)37)16-19-11-22(14-32-13-19)26(38)20-7-9-23(30)10-8-20/h4-15,17,31H,16H2,1-3H3,(H,34,37)(H,33,35,39)/t17-/m0/s1. The first kappa shape index (κ1) is 28.0. The number of ketones is 1. The summed E-state index contributed by atoms with van der Waals surface area (Å²) in [5, 5.41) is 8.08. The lowest BCUT2D eigenvalue weighted by Gasteiger charge is -2.16. The third kappa shape index (κ3) is 6.51. The topological polar surface area (TPSA) is 135 Å². The Morgan fingerprint density at radius 3 is 2.42 bits per heavy atom. The Labute approximate surface area is 229 Å². The molecule has 3 N–H and O–H groups in total. The zero-order chi connectivity index (χ0) is 28.8. The quantitative estimate of drug-likeness (QED) is 0.276. The Kier molecular flexibility index (Phi) is 8.55. The van der Waals surface area contributed by atoms with Crippen LogP contribution < -0.4 is 21.5 Å². The van der Waals surface area contributed by atoms with Gasteiger partial charge in [-0.25, -0.2) is 9.37 Å². The van der Waals surface area contributed by atoms with Gasteiger partial charge >= 0.3 is 0 Å². The highest BCUT2D eigenvalue weighted by molar-refractivity contribution is 6.08. The fourth-order valence-electron chi connectivity index (χ4n) is 3.93. The number of likely N-dealkylation sites (N-methyl/N-ethyl adjacent to an activating group) is 1. The van der Waals surface area contributed by atoms with E-state index in [4.69, 9.17) is 0 Å². The first-order valence-electron chi connectivity index (χ1n) is 12.4. The second kappa shape index (κ2) is 12.2. The summed E-state index contributed by atoms with van der Waals surface area (Å²) in [7, 11) is 1.62. The molecule has 40 heavy (non-hydrogen) atoms. The normalized spacial score (nSPS) is 11.5. The number of pyridine rings is 1. The number of anilines is 2. The predicted octanol–water partition coefficient (Wildman–Crippen LogP) is 3.23. The summed E-state index contributed by atoms with van der Waals surface area (Å²) < 4.78 is 14.7. The van der Waals surface area contributed by atoms with Crippen molar-refractivity contribution < 1.29 is 18.8 Å². The predicted molar refractivity (Wildman–Crippen MR) is 149 cm³/mol. The molecule has 2 heterocycles. The van der Waals surface area contributed by atoms with Crippen LogP contribution in [0.4, 0.5) is 15.9 Å². The molecule has 0 saturated carbocycles. The number of rotatable bonds is 9. The lowest BCUT2D eigenvalue weighted by Crippen LogP contribution is -2.38. The second-order valence-corrected chi connectivity index (χ2v) is 9.06. The highest BCUT2D eigenvalue weighted by Gasteiger charge is 2.18. The number of benzene rings is 2. The molecule has 1 atom stereocenters. The van der Waals surface area contributed by atoms with Gasteiger partial charge in [-0.05, 0) is 62.0 Å². The number of halogens is 1. The van der Waals surface area contributed by atoms with Crippen molar-refractivity contribution in [2.45, 2.75) is 26.4 Å². The molecule has 0 fully saturated rings. The fourth-order valence-corrected chi connectivity index (χ4v) is 3.93. The maximum Gasteiger partial charge on any atom is 0.294 e. The smallest absolute Gasteiger partial charge is 0.294 e. The number of amides is 2. The van der Waals surface area contributed by atoms with Gasteiger partial charge in [-0.2, -0.15) is 0 Å². The number of nitrogens with zero attached hydrogens (tertiary/aromatic N) is 3. The number of hydrogen-bond acceptors (Lipinski definition) is 7. The third-order valence-corrected chi connectivity index (χ3v) is 6.11. The molecule has 4 rings (SSSR count). The van der Waals surface area contributed by atoms with Crippen LogP contribution in [0, 0.1) is 5.82 Å². The molecule has 0 saturated heterocycles. The van der Waals surface area contributed by atoms with E-state index < -0.39 is 23.3 Å². The number of nitrogens with one attached hydrogen (secondary N) is 3. The summed E-state index contributed by atoms with van der Waals surface area (Å²) in [4.78, 5) is 59.0. The SMILES string of the molecule is CN[C@@H](C)C(=O)Nc1ncc(-c2cccc(NC(C)=O)c2)n(Cc2cncc(C(=O)c3ccc(F)cc3)c2)c1=O. The molecule has 2 aromatic carbocycles. The van der Waals surface area contributed by atoms with Gasteiger partial charge in [-0.15, -0.1) is 0 Å². The summed E-state index contributed by atoms with van der Waals surface area (Å²) in [5.74, 6) is -1.66. The van der Waals surface area contributed by atoms with Gasteiger partial charge in [0.15, 0.2) is 11.6 Å². The monoisotopic (exact) mass is 542 g/mol. The van der Waals surface area contributed by atoms with Crippen LogP contribution in [0.5, 0.6) is 0 Å². The highest BCUT2D eigenvalue weighted by Crippen LogP contribution is 2.23. The number of aromatic nitrogens is 3. The van der Waals surface area contributed by atoms with Crippen molar-refractivity contribution in [1.82, 2.24) is 19.9 Å². The van der Waals surface area contributed by atoms with Crippen LogP contribution in [0.15, 0.2) is 78.0 Å². The van der Waals surface area contributed by atoms with Crippen molar-refractivity contribution >= 4 is 29.1 Å². The van der Waals surface area contributed by atoms with E-state index >= 15 is 0 Å². The fraction of sp³-hybridized carbons (Fsp3) is 0.172. The van der Waals surface area contributed by atoms with Gasteiger partial charge in [0.2, 0.25) is 11.8 Å². The van der Waals surface area contributed by atoms with Crippen molar-refractivity contribution in [3.8, 4) is 11.3 Å². The molecule has 11 heteroatoms. The Hall–Kier alpha value is -5.03. The molecule has 4 aromatic rings. The molecule has 0 aliphatic rings. The Bertz CT molecular complexity index is 1630. The van der Waals surface area contributed by atoms with E-state index in [9.17, 15) is 23.6 Å². The van der Waals surface area contributed by atoms with Crippen molar-refractivity contribution in [2.75, 3.05) is 17.7 Å². The van der Waals surface area contributed by atoms with Crippen LogP contribution in [-0.2, 0) is 16.1 Å². The first-order valence-corrected chi connectivity index (χ1v) is 12.4. The van der Waals surface area contributed by atoms with Gasteiger partial charge in [0, 0.05) is 41.7 Å². The third-order valence-electron chi connectivity index (χ3n) is 6.11. The molecule has 0 bridgehead atoms. The summed E-state index contributed by atoms with van der Waals surface area (Å²) in [6, 6.07) is 13.1. The minimum Gasteiger partial charge on any atom is -0.326 e. The van der Waals surface area contributed by atoms with Gasteiger partial charge in [-0.1, -0.05) is 12.1 Å². The number of hydrogen-bond donors (Lipinski definition) is 3. The lowest BCUT2D eigenvalue weighted by atomic mass is 10.0. The molecule has 204 valence electrons. The minimum absolute atomic E-state index is 0.0109. The van der Waals surface area contributed by atoms with Crippen molar-refractivity contribution in [3.05, 3.63) is 106 Å². The average Bonchev–Trinajstić information content (AvgIpc) is 2.94. The van der Waals surface area contributed by atoms with Gasteiger partial charge in [0.1, 0.15) is 5.82 Å². The Morgan fingerprint density at radius 1 is 0.975 bits per heavy atom. The molecule has 2 aromatic heterocycles. The molecular formula is C29H27FN6O4. The average molecular weight is 543 g/mol. The van der Waals surface area contributed by atoms with Crippen LogP contribution >= 0.6 is 0 Å². The van der Waals surface area contributed by atoms with Crippen molar-refractivity contribution in [1.29, 1.82) is 0 Å². The summed E-state index contributed by atoms with van der Waals surface area (Å²) in [6.45, 7) is 3.02.